The largest absolute Gasteiger partial charge is 0.490 e. The number of hydrogen-bond donors (Lipinski definition) is 4. The number of alkyl halides is 3. The maximum Gasteiger partial charge on any atom is 0.490 e. The second-order valence-electron chi connectivity index (χ2n) is 9.41. The zero-order valence-electron chi connectivity index (χ0n) is 23.3. The van der Waals surface area contributed by atoms with Crippen molar-refractivity contribution in [2.75, 3.05) is 56.4 Å². The summed E-state index contributed by atoms with van der Waals surface area (Å²) in [6.45, 7) is 8.46. The lowest BCUT2D eigenvalue weighted by molar-refractivity contribution is -0.192. The highest BCUT2D eigenvalue weighted by atomic mass is 32.2. The second-order valence-corrected chi connectivity index (χ2v) is 11.1. The van der Waals surface area contributed by atoms with E-state index in [4.69, 9.17) is 9.90 Å². The number of likely N-dealkylation sites (N-methyl/N-ethyl adjacent to an activating group) is 2. The molecule has 0 unspecified atom stereocenters. The number of amides is 2. The fourth-order valence-electron chi connectivity index (χ4n) is 3.94. The van der Waals surface area contributed by atoms with Gasteiger partial charge in [-0.15, -0.1) is 0 Å². The number of sulfonamides is 1. The lowest BCUT2D eigenvalue weighted by Crippen LogP contribution is -2.44. The molecule has 1 fully saturated rings. The molecule has 2 aromatic rings. The summed E-state index contributed by atoms with van der Waals surface area (Å²) in [6.07, 6.45) is -5.08. The van der Waals surface area contributed by atoms with E-state index >= 15 is 0 Å². The first-order valence-electron chi connectivity index (χ1n) is 12.4. The maximum absolute atomic E-state index is 13.4. The molecule has 0 atom stereocenters. The minimum absolute atomic E-state index is 0.0994. The fourth-order valence-corrected chi connectivity index (χ4v) is 5.32. The number of halogens is 3. The molecular weight excluding hydrogens is 567 g/mol. The third-order valence-corrected chi connectivity index (χ3v) is 7.78. The van der Waals surface area contributed by atoms with Crippen LogP contribution in [0.5, 0.6) is 0 Å². The van der Waals surface area contributed by atoms with Gasteiger partial charge < -0.3 is 25.5 Å². The van der Waals surface area contributed by atoms with Crippen LogP contribution < -0.4 is 20.3 Å². The number of benzene rings is 2. The third-order valence-electron chi connectivity index (χ3n) is 6.28. The van der Waals surface area contributed by atoms with Crippen LogP contribution in [0, 0.1) is 20.8 Å². The van der Waals surface area contributed by atoms with Crippen molar-refractivity contribution in [2.24, 2.45) is 0 Å². The van der Waals surface area contributed by atoms with E-state index < -0.39 is 22.2 Å². The molecule has 11 nitrogen and oxygen atoms in total. The Hall–Kier alpha value is -3.85. The molecular formula is C26H34F3N5O6S. The zero-order chi connectivity index (χ0) is 31.1. The molecule has 1 aliphatic heterocycles. The van der Waals surface area contributed by atoms with E-state index in [1.807, 2.05) is 19.9 Å². The summed E-state index contributed by atoms with van der Waals surface area (Å²) < 4.78 is 61.3. The predicted molar refractivity (Wildman–Crippen MR) is 148 cm³/mol. The number of carboxylic acids is 1. The molecule has 15 heteroatoms. The summed E-state index contributed by atoms with van der Waals surface area (Å²) in [5.74, 6) is -3.43. The molecule has 0 saturated carbocycles. The summed E-state index contributed by atoms with van der Waals surface area (Å²) >= 11 is 0. The number of carboxylic acid groups (broad SMARTS) is 1. The van der Waals surface area contributed by atoms with Crippen LogP contribution in [0.1, 0.15) is 27.0 Å². The monoisotopic (exact) mass is 601 g/mol. The van der Waals surface area contributed by atoms with Crippen LogP contribution >= 0.6 is 0 Å². The molecule has 0 spiro atoms. The number of nitrogens with zero attached hydrogens (tertiary/aromatic N) is 2. The van der Waals surface area contributed by atoms with Crippen molar-refractivity contribution in [1.82, 2.24) is 15.5 Å². The molecule has 41 heavy (non-hydrogen) atoms. The Balaban J connectivity index is 0.000000745. The van der Waals surface area contributed by atoms with E-state index in [0.717, 1.165) is 24.2 Å². The highest BCUT2D eigenvalue weighted by Crippen LogP contribution is 2.31. The smallest absolute Gasteiger partial charge is 0.475 e. The van der Waals surface area contributed by atoms with Gasteiger partial charge in [-0.25, -0.2) is 13.2 Å². The average Bonchev–Trinajstić information content (AvgIpc) is 2.90. The van der Waals surface area contributed by atoms with Crippen molar-refractivity contribution in [2.45, 2.75) is 31.8 Å². The molecule has 0 aromatic heterocycles. The third kappa shape index (κ3) is 9.08. The average molecular weight is 602 g/mol. The highest BCUT2D eigenvalue weighted by Gasteiger charge is 2.38. The minimum Gasteiger partial charge on any atom is -0.475 e. The van der Waals surface area contributed by atoms with E-state index in [0.29, 0.717) is 35.6 Å². The summed E-state index contributed by atoms with van der Waals surface area (Å²) in [4.78, 5) is 37.1. The van der Waals surface area contributed by atoms with Gasteiger partial charge in [0.25, 0.3) is 15.9 Å². The Morgan fingerprint density at radius 3 is 2.12 bits per heavy atom. The molecule has 1 saturated heterocycles. The molecule has 4 N–H and O–H groups in total. The number of aliphatic carboxylic acids is 1. The Morgan fingerprint density at radius 2 is 1.59 bits per heavy atom. The number of nitrogens with one attached hydrogen (secondary N) is 3. The molecule has 0 bridgehead atoms. The van der Waals surface area contributed by atoms with E-state index in [9.17, 15) is 31.2 Å². The first kappa shape index (κ1) is 33.4. The van der Waals surface area contributed by atoms with Crippen LogP contribution in [0.2, 0.25) is 0 Å². The van der Waals surface area contributed by atoms with Crippen molar-refractivity contribution in [3.8, 4) is 0 Å². The summed E-state index contributed by atoms with van der Waals surface area (Å²) in [7, 11) is -0.875. The van der Waals surface area contributed by atoms with Crippen LogP contribution in [0.15, 0.2) is 35.2 Å². The Bertz CT molecular complexity index is 1390. The summed E-state index contributed by atoms with van der Waals surface area (Å²) in [5.41, 5.74) is 3.88. The van der Waals surface area contributed by atoms with E-state index in [1.54, 1.807) is 31.2 Å². The van der Waals surface area contributed by atoms with Crippen molar-refractivity contribution in [1.29, 1.82) is 0 Å². The first-order valence-corrected chi connectivity index (χ1v) is 13.9. The quantitative estimate of drug-likeness (QED) is 0.378. The lowest BCUT2D eigenvalue weighted by atomic mass is 10.1. The number of piperazine rings is 1. The fraction of sp³-hybridized carbons (Fsp3) is 0.423. The van der Waals surface area contributed by atoms with E-state index in [2.05, 4.69) is 20.3 Å². The Labute approximate surface area is 236 Å². The normalized spacial score (nSPS) is 13.5. The Morgan fingerprint density at radius 1 is 1.02 bits per heavy atom. The minimum atomic E-state index is -5.08. The SMILES string of the molecule is CNC(=O)CN(C)C(=O)c1ccc(N2CCNCC2)c(NS(=O)(=O)c2cc(C)c(C)cc2C)c1.O=C(O)C(F)(F)F. The van der Waals surface area contributed by atoms with Gasteiger partial charge in [0.05, 0.1) is 22.8 Å². The number of carbonyl (C=O) groups is 3. The maximum atomic E-state index is 13.4. The molecule has 3 rings (SSSR count). The standard InChI is InChI=1S/C24H33N5O4S.C2HF3O2/c1-16-12-18(3)22(13-17(16)2)34(32,33)27-20-14-19(24(31)28(5)15-23(30)25-4)6-7-21(20)29-10-8-26-9-11-29;3-2(4,5)1(6)7/h6-7,12-14,26-27H,8-11,15H2,1-5H3,(H,25,30);(H,6,7). The Kier molecular flexibility index (Phi) is 11.1. The van der Waals surface area contributed by atoms with Gasteiger partial charge in [0.15, 0.2) is 0 Å². The van der Waals surface area contributed by atoms with Crippen LogP contribution in [-0.4, -0.2) is 89.2 Å². The summed E-state index contributed by atoms with van der Waals surface area (Å²) in [5, 5.41) is 12.9. The van der Waals surface area contributed by atoms with E-state index in [1.165, 1.54) is 19.0 Å². The summed E-state index contributed by atoms with van der Waals surface area (Å²) in [6, 6.07) is 8.50. The van der Waals surface area contributed by atoms with Gasteiger partial charge in [0.2, 0.25) is 5.91 Å². The molecule has 0 radical (unpaired) electrons. The molecule has 1 heterocycles. The van der Waals surface area contributed by atoms with Crippen molar-refractivity contribution in [3.05, 3.63) is 52.6 Å². The molecule has 1 aliphatic rings. The van der Waals surface area contributed by atoms with Crippen LogP contribution in [0.3, 0.4) is 0 Å². The molecule has 0 aliphatic carbocycles. The van der Waals surface area contributed by atoms with Crippen molar-refractivity contribution < 1.29 is 41.1 Å². The van der Waals surface area contributed by atoms with Gasteiger partial charge in [0.1, 0.15) is 0 Å². The topological polar surface area (TPSA) is 148 Å². The zero-order valence-corrected chi connectivity index (χ0v) is 24.2. The van der Waals surface area contributed by atoms with E-state index in [-0.39, 0.29) is 23.3 Å². The number of aryl methyl sites for hydroxylation is 3. The van der Waals surface area contributed by atoms with Gasteiger partial charge in [0, 0.05) is 45.8 Å². The van der Waals surface area contributed by atoms with Crippen molar-refractivity contribution >= 4 is 39.2 Å². The van der Waals surface area contributed by atoms with Gasteiger partial charge >= 0.3 is 12.1 Å². The first-order chi connectivity index (χ1) is 19.0. The van der Waals surface area contributed by atoms with Gasteiger partial charge in [-0.1, -0.05) is 6.07 Å². The van der Waals surface area contributed by atoms with Gasteiger partial charge in [-0.3, -0.25) is 14.3 Å². The van der Waals surface area contributed by atoms with Crippen LogP contribution in [-0.2, 0) is 19.6 Å². The number of anilines is 2. The number of carbonyl (C=O) groups excluding carboxylic acids is 2. The van der Waals surface area contributed by atoms with Gasteiger partial charge in [-0.2, -0.15) is 13.2 Å². The highest BCUT2D eigenvalue weighted by molar-refractivity contribution is 7.92. The van der Waals surface area contributed by atoms with Crippen LogP contribution in [0.4, 0.5) is 24.5 Å². The lowest BCUT2D eigenvalue weighted by Gasteiger charge is -2.31. The van der Waals surface area contributed by atoms with Crippen LogP contribution in [0.25, 0.3) is 0 Å². The number of rotatable bonds is 7. The molecule has 2 aromatic carbocycles. The molecule has 2 amide bonds. The predicted octanol–water partition coefficient (Wildman–Crippen LogP) is 2.27. The van der Waals surface area contributed by atoms with Gasteiger partial charge in [-0.05, 0) is 61.7 Å². The second kappa shape index (κ2) is 13.7. The molecule has 226 valence electrons. The van der Waals surface area contributed by atoms with Crippen molar-refractivity contribution in [3.63, 3.8) is 0 Å². The number of hydrogen-bond acceptors (Lipinski definition) is 7.